The van der Waals surface area contributed by atoms with Gasteiger partial charge in [0.05, 0.1) is 6.04 Å². The Hall–Kier alpha value is -1.91. The summed E-state index contributed by atoms with van der Waals surface area (Å²) in [5.41, 5.74) is 0.994. The van der Waals surface area contributed by atoms with Gasteiger partial charge in [0, 0.05) is 6.04 Å². The van der Waals surface area contributed by atoms with E-state index in [0.717, 1.165) is 29.9 Å². The molecule has 0 fully saturated rings. The molecule has 1 aromatic carbocycles. The van der Waals surface area contributed by atoms with Crippen molar-refractivity contribution in [2.24, 2.45) is 0 Å². The van der Waals surface area contributed by atoms with Crippen LogP contribution in [0.5, 0.6) is 11.5 Å². The molecule has 0 saturated heterocycles. The van der Waals surface area contributed by atoms with Gasteiger partial charge in [-0.15, -0.1) is 0 Å². The van der Waals surface area contributed by atoms with E-state index in [1.807, 2.05) is 25.1 Å². The summed E-state index contributed by atoms with van der Waals surface area (Å²) in [5.74, 6) is 1.49. The maximum atomic E-state index is 11.9. The largest absolute Gasteiger partial charge is 0.454 e. The minimum absolute atomic E-state index is 0.0844. The van der Waals surface area contributed by atoms with Crippen molar-refractivity contribution >= 4 is 6.03 Å². The second-order valence-electron chi connectivity index (χ2n) is 4.97. The van der Waals surface area contributed by atoms with Gasteiger partial charge in [0.15, 0.2) is 11.5 Å². The average Bonchev–Trinajstić information content (AvgIpc) is 2.91. The van der Waals surface area contributed by atoms with Gasteiger partial charge in [-0.25, -0.2) is 4.79 Å². The zero-order valence-corrected chi connectivity index (χ0v) is 12.2. The van der Waals surface area contributed by atoms with E-state index >= 15 is 0 Å². The molecule has 2 amide bonds. The van der Waals surface area contributed by atoms with Crippen LogP contribution in [0.2, 0.25) is 0 Å². The molecule has 0 spiro atoms. The Morgan fingerprint density at radius 1 is 1.20 bits per heavy atom. The summed E-state index contributed by atoms with van der Waals surface area (Å²) >= 11 is 0. The highest BCUT2D eigenvalue weighted by Crippen LogP contribution is 2.34. The minimum Gasteiger partial charge on any atom is -0.454 e. The first kappa shape index (κ1) is 14.5. The van der Waals surface area contributed by atoms with E-state index in [-0.39, 0.29) is 24.9 Å². The first-order valence-electron chi connectivity index (χ1n) is 7.10. The summed E-state index contributed by atoms with van der Waals surface area (Å²) in [7, 11) is 0. The third kappa shape index (κ3) is 3.35. The second-order valence-corrected chi connectivity index (χ2v) is 4.97. The van der Waals surface area contributed by atoms with Crippen LogP contribution in [-0.2, 0) is 0 Å². The highest BCUT2D eigenvalue weighted by molar-refractivity contribution is 5.74. The fourth-order valence-corrected chi connectivity index (χ4v) is 2.18. The van der Waals surface area contributed by atoms with Crippen molar-refractivity contribution in [1.82, 2.24) is 10.6 Å². The second kappa shape index (κ2) is 6.50. The van der Waals surface area contributed by atoms with Gasteiger partial charge in [-0.05, 0) is 37.5 Å². The van der Waals surface area contributed by atoms with Crippen molar-refractivity contribution in [2.75, 3.05) is 6.79 Å². The van der Waals surface area contributed by atoms with Crippen molar-refractivity contribution < 1.29 is 14.3 Å². The summed E-state index contributed by atoms with van der Waals surface area (Å²) < 4.78 is 10.6. The molecule has 1 aliphatic heterocycles. The predicted molar refractivity (Wildman–Crippen MR) is 77.0 cm³/mol. The highest BCUT2D eigenvalue weighted by atomic mass is 16.7. The smallest absolute Gasteiger partial charge is 0.315 e. The van der Waals surface area contributed by atoms with Crippen LogP contribution in [0.15, 0.2) is 18.2 Å². The van der Waals surface area contributed by atoms with E-state index in [2.05, 4.69) is 24.5 Å². The number of hydrogen-bond acceptors (Lipinski definition) is 3. The predicted octanol–water partition coefficient (Wildman–Crippen LogP) is 2.96. The molecular weight excluding hydrogens is 256 g/mol. The van der Waals surface area contributed by atoms with E-state index in [4.69, 9.17) is 9.47 Å². The van der Waals surface area contributed by atoms with Gasteiger partial charge in [-0.1, -0.05) is 19.9 Å². The van der Waals surface area contributed by atoms with Crippen molar-refractivity contribution in [2.45, 2.75) is 45.7 Å². The van der Waals surface area contributed by atoms with Crippen molar-refractivity contribution in [3.05, 3.63) is 23.8 Å². The summed E-state index contributed by atoms with van der Waals surface area (Å²) in [4.78, 5) is 11.9. The average molecular weight is 278 g/mol. The number of amides is 2. The maximum Gasteiger partial charge on any atom is 0.315 e. The number of carbonyl (C=O) groups is 1. The Morgan fingerprint density at radius 2 is 1.90 bits per heavy atom. The molecule has 1 unspecified atom stereocenters. The van der Waals surface area contributed by atoms with Crippen molar-refractivity contribution in [1.29, 1.82) is 0 Å². The Kier molecular flexibility index (Phi) is 4.71. The van der Waals surface area contributed by atoms with E-state index in [0.29, 0.717) is 0 Å². The van der Waals surface area contributed by atoms with Crippen LogP contribution >= 0.6 is 0 Å². The van der Waals surface area contributed by atoms with E-state index in [9.17, 15) is 4.79 Å². The minimum atomic E-state index is -0.135. The Labute approximate surface area is 119 Å². The molecular formula is C15H22N2O3. The zero-order valence-electron chi connectivity index (χ0n) is 12.2. The standard InChI is InChI=1S/C15H22N2O3/c1-4-12(5-2)17-15(18)16-10(3)11-6-7-13-14(8-11)20-9-19-13/h6-8,10,12H,4-5,9H2,1-3H3,(H2,16,17,18). The molecule has 5 heteroatoms. The van der Waals surface area contributed by atoms with Crippen LogP contribution in [0.25, 0.3) is 0 Å². The molecule has 0 saturated carbocycles. The molecule has 5 nitrogen and oxygen atoms in total. The third-order valence-corrected chi connectivity index (χ3v) is 3.57. The molecule has 110 valence electrons. The van der Waals surface area contributed by atoms with Gasteiger partial charge in [-0.3, -0.25) is 0 Å². The molecule has 0 aromatic heterocycles. The topological polar surface area (TPSA) is 59.6 Å². The lowest BCUT2D eigenvalue weighted by Gasteiger charge is -2.19. The summed E-state index contributed by atoms with van der Waals surface area (Å²) in [5, 5.41) is 5.90. The number of carbonyl (C=O) groups excluding carboxylic acids is 1. The number of fused-ring (bicyclic) bond motifs is 1. The van der Waals surface area contributed by atoms with Crippen LogP contribution in [0, 0.1) is 0 Å². The molecule has 0 aliphatic carbocycles. The fraction of sp³-hybridized carbons (Fsp3) is 0.533. The van der Waals surface area contributed by atoms with Gasteiger partial charge in [-0.2, -0.15) is 0 Å². The van der Waals surface area contributed by atoms with Crippen LogP contribution in [0.3, 0.4) is 0 Å². The number of hydrogen-bond donors (Lipinski definition) is 2. The van der Waals surface area contributed by atoms with Crippen LogP contribution in [0.4, 0.5) is 4.79 Å². The summed E-state index contributed by atoms with van der Waals surface area (Å²) in [6.45, 7) is 6.34. The maximum absolute atomic E-state index is 11.9. The van der Waals surface area contributed by atoms with Crippen molar-refractivity contribution in [3.63, 3.8) is 0 Å². The lowest BCUT2D eigenvalue weighted by molar-refractivity contribution is 0.174. The number of rotatable bonds is 5. The SMILES string of the molecule is CCC(CC)NC(=O)NC(C)c1ccc2c(c1)OCO2. The lowest BCUT2D eigenvalue weighted by atomic mass is 10.1. The highest BCUT2D eigenvalue weighted by Gasteiger charge is 2.17. The quantitative estimate of drug-likeness (QED) is 0.870. The molecule has 2 rings (SSSR count). The lowest BCUT2D eigenvalue weighted by Crippen LogP contribution is -2.42. The summed E-state index contributed by atoms with van der Waals surface area (Å²) in [6.07, 6.45) is 1.87. The molecule has 0 bridgehead atoms. The Bertz CT molecular complexity index is 472. The molecule has 1 aliphatic rings. The first-order valence-corrected chi connectivity index (χ1v) is 7.10. The Morgan fingerprint density at radius 3 is 2.60 bits per heavy atom. The normalized spacial score (nSPS) is 14.2. The first-order chi connectivity index (χ1) is 9.63. The van der Waals surface area contributed by atoms with Gasteiger partial charge >= 0.3 is 6.03 Å². The number of nitrogens with one attached hydrogen (secondary N) is 2. The number of ether oxygens (including phenoxy) is 2. The molecule has 0 radical (unpaired) electrons. The zero-order chi connectivity index (χ0) is 14.5. The van der Waals surface area contributed by atoms with Gasteiger partial charge in [0.2, 0.25) is 6.79 Å². The molecule has 2 N–H and O–H groups in total. The van der Waals surface area contributed by atoms with Gasteiger partial charge in [0.25, 0.3) is 0 Å². The van der Waals surface area contributed by atoms with Gasteiger partial charge < -0.3 is 20.1 Å². The summed E-state index contributed by atoms with van der Waals surface area (Å²) in [6, 6.07) is 5.72. The fourth-order valence-electron chi connectivity index (χ4n) is 2.18. The third-order valence-electron chi connectivity index (χ3n) is 3.57. The van der Waals surface area contributed by atoms with Crippen LogP contribution in [0.1, 0.15) is 45.2 Å². The number of urea groups is 1. The molecule has 20 heavy (non-hydrogen) atoms. The van der Waals surface area contributed by atoms with Crippen molar-refractivity contribution in [3.8, 4) is 11.5 Å². The van der Waals surface area contributed by atoms with Crippen LogP contribution in [-0.4, -0.2) is 18.9 Å². The van der Waals surface area contributed by atoms with E-state index in [1.54, 1.807) is 0 Å². The van der Waals surface area contributed by atoms with Crippen LogP contribution < -0.4 is 20.1 Å². The molecule has 1 atom stereocenters. The monoisotopic (exact) mass is 278 g/mol. The van der Waals surface area contributed by atoms with E-state index in [1.165, 1.54) is 0 Å². The Balaban J connectivity index is 1.94. The van der Waals surface area contributed by atoms with Gasteiger partial charge in [0.1, 0.15) is 0 Å². The molecule has 1 aromatic rings. The number of benzene rings is 1. The molecule has 1 heterocycles. The van der Waals surface area contributed by atoms with E-state index < -0.39 is 0 Å².